The molecule has 2 saturated heterocycles. The van der Waals surface area contributed by atoms with Crippen molar-refractivity contribution in [2.24, 2.45) is 5.92 Å². The SMILES string of the molecule is Cc1c(NC(=O)C2CCNC2)cccc1C(=O)N1CCSCC1. The molecule has 2 aliphatic rings. The van der Waals surface area contributed by atoms with Gasteiger partial charge in [0.05, 0.1) is 5.92 Å². The summed E-state index contributed by atoms with van der Waals surface area (Å²) in [5, 5.41) is 6.20. The van der Waals surface area contributed by atoms with E-state index in [1.54, 1.807) is 0 Å². The summed E-state index contributed by atoms with van der Waals surface area (Å²) >= 11 is 1.88. The molecule has 1 aromatic rings. The number of thioether (sulfide) groups is 1. The second kappa shape index (κ2) is 7.36. The van der Waals surface area contributed by atoms with Gasteiger partial charge in [-0.3, -0.25) is 9.59 Å². The molecule has 2 heterocycles. The minimum absolute atomic E-state index is 0.0212. The van der Waals surface area contributed by atoms with Crippen LogP contribution in [0.15, 0.2) is 18.2 Å². The number of benzene rings is 1. The third-order valence-electron chi connectivity index (χ3n) is 4.55. The van der Waals surface area contributed by atoms with E-state index < -0.39 is 0 Å². The number of rotatable bonds is 3. The van der Waals surface area contributed by atoms with Crippen LogP contribution in [0.2, 0.25) is 0 Å². The van der Waals surface area contributed by atoms with Gasteiger partial charge >= 0.3 is 0 Å². The smallest absolute Gasteiger partial charge is 0.254 e. The molecule has 23 heavy (non-hydrogen) atoms. The van der Waals surface area contributed by atoms with Gasteiger partial charge in [0, 0.05) is 42.4 Å². The second-order valence-electron chi connectivity index (χ2n) is 6.06. The molecule has 0 radical (unpaired) electrons. The van der Waals surface area contributed by atoms with Crippen LogP contribution in [0, 0.1) is 12.8 Å². The average molecular weight is 333 g/mol. The van der Waals surface area contributed by atoms with E-state index in [1.165, 1.54) is 0 Å². The van der Waals surface area contributed by atoms with Gasteiger partial charge in [0.25, 0.3) is 5.91 Å². The van der Waals surface area contributed by atoms with Crippen LogP contribution in [0.5, 0.6) is 0 Å². The van der Waals surface area contributed by atoms with Gasteiger partial charge in [-0.15, -0.1) is 0 Å². The second-order valence-corrected chi connectivity index (χ2v) is 7.29. The Morgan fingerprint density at radius 2 is 2.09 bits per heavy atom. The van der Waals surface area contributed by atoms with Gasteiger partial charge in [0.2, 0.25) is 5.91 Å². The predicted octanol–water partition coefficient (Wildman–Crippen LogP) is 1.73. The maximum absolute atomic E-state index is 12.7. The summed E-state index contributed by atoms with van der Waals surface area (Å²) in [5.41, 5.74) is 2.30. The number of carbonyl (C=O) groups is 2. The van der Waals surface area contributed by atoms with Gasteiger partial charge < -0.3 is 15.5 Å². The lowest BCUT2D eigenvalue weighted by Gasteiger charge is -2.27. The van der Waals surface area contributed by atoms with Crippen LogP contribution < -0.4 is 10.6 Å². The molecule has 0 spiro atoms. The van der Waals surface area contributed by atoms with Crippen molar-refractivity contribution in [3.63, 3.8) is 0 Å². The van der Waals surface area contributed by atoms with Crippen molar-refractivity contribution in [1.82, 2.24) is 10.2 Å². The molecule has 0 aromatic heterocycles. The van der Waals surface area contributed by atoms with Crippen LogP contribution in [0.3, 0.4) is 0 Å². The third-order valence-corrected chi connectivity index (χ3v) is 5.49. The summed E-state index contributed by atoms with van der Waals surface area (Å²) in [6.07, 6.45) is 0.870. The van der Waals surface area contributed by atoms with E-state index >= 15 is 0 Å². The van der Waals surface area contributed by atoms with Crippen molar-refractivity contribution in [3.05, 3.63) is 29.3 Å². The van der Waals surface area contributed by atoms with Crippen LogP contribution in [-0.4, -0.2) is 54.4 Å². The number of hydrogen-bond acceptors (Lipinski definition) is 4. The van der Waals surface area contributed by atoms with Gasteiger partial charge in [0.15, 0.2) is 0 Å². The number of nitrogens with one attached hydrogen (secondary N) is 2. The molecule has 2 amide bonds. The minimum Gasteiger partial charge on any atom is -0.337 e. The number of nitrogens with zero attached hydrogens (tertiary/aromatic N) is 1. The van der Waals surface area contributed by atoms with Crippen molar-refractivity contribution in [2.45, 2.75) is 13.3 Å². The molecule has 0 aliphatic carbocycles. The maximum Gasteiger partial charge on any atom is 0.254 e. The highest BCUT2D eigenvalue weighted by Crippen LogP contribution is 2.23. The Hall–Kier alpha value is -1.53. The first-order valence-corrected chi connectivity index (χ1v) is 9.30. The largest absolute Gasteiger partial charge is 0.337 e. The van der Waals surface area contributed by atoms with Crippen LogP contribution in [0.4, 0.5) is 5.69 Å². The first-order valence-electron chi connectivity index (χ1n) is 8.15. The minimum atomic E-state index is 0.0212. The lowest BCUT2D eigenvalue weighted by molar-refractivity contribution is -0.119. The summed E-state index contributed by atoms with van der Waals surface area (Å²) in [7, 11) is 0. The summed E-state index contributed by atoms with van der Waals surface area (Å²) in [6, 6.07) is 5.58. The zero-order valence-electron chi connectivity index (χ0n) is 13.4. The third kappa shape index (κ3) is 3.70. The molecule has 2 fully saturated rings. The molecule has 0 bridgehead atoms. The molecule has 1 aromatic carbocycles. The Bertz CT molecular complexity index is 594. The quantitative estimate of drug-likeness (QED) is 0.884. The molecular formula is C17H23N3O2S. The normalized spacial score (nSPS) is 21.3. The molecule has 1 atom stereocenters. The van der Waals surface area contributed by atoms with E-state index in [1.807, 2.05) is 41.8 Å². The van der Waals surface area contributed by atoms with E-state index in [-0.39, 0.29) is 17.7 Å². The van der Waals surface area contributed by atoms with Crippen molar-refractivity contribution in [2.75, 3.05) is 43.0 Å². The molecule has 2 N–H and O–H groups in total. The molecule has 0 saturated carbocycles. The van der Waals surface area contributed by atoms with Crippen molar-refractivity contribution in [3.8, 4) is 0 Å². The summed E-state index contributed by atoms with van der Waals surface area (Å²) in [6.45, 7) is 5.13. The molecule has 1 unspecified atom stereocenters. The maximum atomic E-state index is 12.7. The molecular weight excluding hydrogens is 310 g/mol. The van der Waals surface area contributed by atoms with E-state index in [9.17, 15) is 9.59 Å². The van der Waals surface area contributed by atoms with Crippen LogP contribution in [-0.2, 0) is 4.79 Å². The Kier molecular flexibility index (Phi) is 5.23. The lowest BCUT2D eigenvalue weighted by Crippen LogP contribution is -2.38. The molecule has 5 nitrogen and oxygen atoms in total. The Labute approximate surface area is 141 Å². The molecule has 124 valence electrons. The monoisotopic (exact) mass is 333 g/mol. The lowest BCUT2D eigenvalue weighted by atomic mass is 10.0. The predicted molar refractivity (Wildman–Crippen MR) is 94.0 cm³/mol. The van der Waals surface area contributed by atoms with E-state index in [0.717, 1.165) is 55.4 Å². The topological polar surface area (TPSA) is 61.4 Å². The summed E-state index contributed by atoms with van der Waals surface area (Å²) < 4.78 is 0. The van der Waals surface area contributed by atoms with Crippen molar-refractivity contribution < 1.29 is 9.59 Å². The number of amides is 2. The van der Waals surface area contributed by atoms with Crippen LogP contribution in [0.25, 0.3) is 0 Å². The highest BCUT2D eigenvalue weighted by Gasteiger charge is 2.24. The first kappa shape index (κ1) is 16.3. The fourth-order valence-corrected chi connectivity index (χ4v) is 3.96. The highest BCUT2D eigenvalue weighted by atomic mass is 32.2. The van der Waals surface area contributed by atoms with Crippen molar-refractivity contribution >= 4 is 29.3 Å². The van der Waals surface area contributed by atoms with Gasteiger partial charge in [0.1, 0.15) is 0 Å². The fourth-order valence-electron chi connectivity index (χ4n) is 3.05. The Morgan fingerprint density at radius 1 is 1.30 bits per heavy atom. The molecule has 6 heteroatoms. The Morgan fingerprint density at radius 3 is 2.78 bits per heavy atom. The van der Waals surface area contributed by atoms with Gasteiger partial charge in [-0.05, 0) is 37.6 Å². The molecule has 2 aliphatic heterocycles. The molecule has 3 rings (SSSR count). The zero-order chi connectivity index (χ0) is 16.2. The highest BCUT2D eigenvalue weighted by molar-refractivity contribution is 7.99. The van der Waals surface area contributed by atoms with Crippen molar-refractivity contribution in [1.29, 1.82) is 0 Å². The zero-order valence-corrected chi connectivity index (χ0v) is 14.2. The first-order chi connectivity index (χ1) is 11.2. The summed E-state index contributed by atoms with van der Waals surface area (Å²) in [4.78, 5) is 26.9. The Balaban J connectivity index is 1.74. The fraction of sp³-hybridized carbons (Fsp3) is 0.529. The average Bonchev–Trinajstić information content (AvgIpc) is 3.11. The number of anilines is 1. The van der Waals surface area contributed by atoms with E-state index in [4.69, 9.17) is 0 Å². The van der Waals surface area contributed by atoms with Crippen LogP contribution >= 0.6 is 11.8 Å². The van der Waals surface area contributed by atoms with Gasteiger partial charge in [-0.2, -0.15) is 11.8 Å². The van der Waals surface area contributed by atoms with Gasteiger partial charge in [-0.25, -0.2) is 0 Å². The van der Waals surface area contributed by atoms with Crippen LogP contribution in [0.1, 0.15) is 22.3 Å². The van der Waals surface area contributed by atoms with E-state index in [0.29, 0.717) is 5.56 Å². The van der Waals surface area contributed by atoms with Gasteiger partial charge in [-0.1, -0.05) is 6.07 Å². The standard InChI is InChI=1S/C17H23N3O2S/c1-12-14(17(22)20-7-9-23-10-8-20)3-2-4-15(12)19-16(21)13-5-6-18-11-13/h2-4,13,18H,5-11H2,1H3,(H,19,21). The van der Waals surface area contributed by atoms with E-state index in [2.05, 4.69) is 10.6 Å². The number of carbonyl (C=O) groups excluding carboxylic acids is 2. The summed E-state index contributed by atoms with van der Waals surface area (Å²) in [5.74, 6) is 2.12. The number of hydrogen-bond donors (Lipinski definition) is 2.